The van der Waals surface area contributed by atoms with E-state index in [0.717, 1.165) is 21.7 Å². The van der Waals surface area contributed by atoms with Crippen molar-refractivity contribution in [1.82, 2.24) is 0 Å². The Balaban J connectivity index is 1.81. The number of hydrogen-bond donors (Lipinski definition) is 1. The average Bonchev–Trinajstić information content (AvgIpc) is 2.57. The first kappa shape index (κ1) is 16.1. The van der Waals surface area contributed by atoms with Crippen molar-refractivity contribution in [3.63, 3.8) is 0 Å². The monoisotopic (exact) mass is 318 g/mol. The fraction of sp³-hybridized carbons (Fsp3) is 0.250. The summed E-state index contributed by atoms with van der Waals surface area (Å²) in [6.45, 7) is 1.61. The second-order valence-electron chi connectivity index (χ2n) is 6.08. The van der Waals surface area contributed by atoms with E-state index in [1.165, 1.54) is 0 Å². The van der Waals surface area contributed by atoms with E-state index in [2.05, 4.69) is 11.1 Å². The van der Waals surface area contributed by atoms with Gasteiger partial charge in [0.15, 0.2) is 0 Å². The van der Waals surface area contributed by atoms with Gasteiger partial charge >= 0.3 is 0 Å². The summed E-state index contributed by atoms with van der Waals surface area (Å²) in [5.41, 5.74) is 1.79. The first-order valence-electron chi connectivity index (χ1n) is 7.94. The lowest BCUT2D eigenvalue weighted by Gasteiger charge is -2.15. The van der Waals surface area contributed by atoms with E-state index in [0.29, 0.717) is 6.42 Å². The SMILES string of the molecule is C[C@@H](O)[C@H](C#N)c1ccc(CC2C=c3ccccc3=NC2=O)cc1. The lowest BCUT2D eigenvalue weighted by molar-refractivity contribution is -0.120. The van der Waals surface area contributed by atoms with Crippen LogP contribution in [-0.2, 0) is 11.2 Å². The summed E-state index contributed by atoms with van der Waals surface area (Å²) >= 11 is 0. The lowest BCUT2D eigenvalue weighted by Crippen LogP contribution is -2.34. The number of nitriles is 1. The van der Waals surface area contributed by atoms with Crippen LogP contribution in [0, 0.1) is 17.2 Å². The molecule has 1 aliphatic rings. The predicted octanol–water partition coefficient (Wildman–Crippen LogP) is 1.47. The molecular weight excluding hydrogens is 300 g/mol. The van der Waals surface area contributed by atoms with Crippen molar-refractivity contribution in [2.45, 2.75) is 25.4 Å². The van der Waals surface area contributed by atoms with Crippen LogP contribution in [0.3, 0.4) is 0 Å². The summed E-state index contributed by atoms with van der Waals surface area (Å²) in [5.74, 6) is -0.935. The van der Waals surface area contributed by atoms with Gasteiger partial charge in [-0.05, 0) is 35.8 Å². The molecule has 0 saturated carbocycles. The maximum atomic E-state index is 12.2. The van der Waals surface area contributed by atoms with Crippen molar-refractivity contribution in [3.8, 4) is 6.07 Å². The van der Waals surface area contributed by atoms with Gasteiger partial charge in [-0.25, -0.2) is 4.99 Å². The summed E-state index contributed by atoms with van der Waals surface area (Å²) < 4.78 is 0. The third-order valence-corrected chi connectivity index (χ3v) is 4.28. The largest absolute Gasteiger partial charge is 0.392 e. The number of aliphatic hydroxyl groups is 1. The minimum absolute atomic E-state index is 0.128. The third-order valence-electron chi connectivity index (χ3n) is 4.28. The molecule has 24 heavy (non-hydrogen) atoms. The van der Waals surface area contributed by atoms with Crippen molar-refractivity contribution in [2.75, 3.05) is 0 Å². The van der Waals surface area contributed by atoms with Crippen molar-refractivity contribution < 1.29 is 9.90 Å². The Hall–Kier alpha value is -2.77. The van der Waals surface area contributed by atoms with Gasteiger partial charge in [0.25, 0.3) is 5.91 Å². The fourth-order valence-electron chi connectivity index (χ4n) is 2.94. The highest BCUT2D eigenvalue weighted by atomic mass is 16.3. The molecule has 4 heteroatoms. The zero-order valence-corrected chi connectivity index (χ0v) is 13.4. The minimum Gasteiger partial charge on any atom is -0.392 e. The van der Waals surface area contributed by atoms with Crippen molar-refractivity contribution in [1.29, 1.82) is 5.26 Å². The highest BCUT2D eigenvalue weighted by Gasteiger charge is 2.20. The van der Waals surface area contributed by atoms with Crippen LogP contribution in [0.5, 0.6) is 0 Å². The van der Waals surface area contributed by atoms with Crippen LogP contribution in [0.4, 0.5) is 0 Å². The molecule has 2 aromatic rings. The summed E-state index contributed by atoms with van der Waals surface area (Å²) in [6.07, 6.45) is 1.82. The number of carbonyl (C=O) groups is 1. The van der Waals surface area contributed by atoms with Gasteiger partial charge in [0.1, 0.15) is 0 Å². The number of aliphatic hydroxyl groups excluding tert-OH is 1. The maximum absolute atomic E-state index is 12.2. The number of benzene rings is 2. The molecule has 1 unspecified atom stereocenters. The van der Waals surface area contributed by atoms with Gasteiger partial charge in [-0.1, -0.05) is 48.5 Å². The Bertz CT molecular complexity index is 908. The van der Waals surface area contributed by atoms with Crippen molar-refractivity contribution in [2.24, 2.45) is 10.9 Å². The van der Waals surface area contributed by atoms with Gasteiger partial charge in [-0.2, -0.15) is 5.26 Å². The van der Waals surface area contributed by atoms with Crippen LogP contribution in [0.1, 0.15) is 24.0 Å². The van der Waals surface area contributed by atoms with Gasteiger partial charge in [0.05, 0.1) is 29.4 Å². The standard InChI is InChI=1S/C20H18N2O2/c1-13(23)18(12-21)15-8-6-14(7-9-15)10-17-11-16-4-2-3-5-19(16)22-20(17)24/h2-9,11,13,17-18,23H,10H2,1H3/t13-,17?,18+/m1/s1. The quantitative estimate of drug-likeness (QED) is 0.928. The first-order valence-corrected chi connectivity index (χ1v) is 7.94. The van der Waals surface area contributed by atoms with Gasteiger partial charge in [0.2, 0.25) is 0 Å². The number of carbonyl (C=O) groups excluding carboxylic acids is 1. The van der Waals surface area contributed by atoms with Crippen LogP contribution in [0.15, 0.2) is 53.5 Å². The molecule has 120 valence electrons. The number of hydrogen-bond acceptors (Lipinski definition) is 3. The molecule has 1 heterocycles. The zero-order valence-electron chi connectivity index (χ0n) is 13.4. The van der Waals surface area contributed by atoms with Gasteiger partial charge in [-0.15, -0.1) is 0 Å². The summed E-state index contributed by atoms with van der Waals surface area (Å²) in [5, 5.41) is 20.5. The van der Waals surface area contributed by atoms with Crippen LogP contribution < -0.4 is 10.6 Å². The molecule has 3 rings (SSSR count). The number of amides is 1. The molecule has 0 spiro atoms. The average molecular weight is 318 g/mol. The smallest absolute Gasteiger partial charge is 0.253 e. The zero-order chi connectivity index (χ0) is 17.1. The molecule has 0 radical (unpaired) electrons. The third kappa shape index (κ3) is 3.27. The minimum atomic E-state index is -0.718. The molecule has 0 bridgehead atoms. The fourth-order valence-corrected chi connectivity index (χ4v) is 2.94. The van der Waals surface area contributed by atoms with Crippen LogP contribution in [-0.4, -0.2) is 17.1 Å². The molecular formula is C20H18N2O2. The molecule has 0 fully saturated rings. The van der Waals surface area contributed by atoms with E-state index in [1.54, 1.807) is 6.92 Å². The molecule has 1 N–H and O–H groups in total. The van der Waals surface area contributed by atoms with E-state index in [-0.39, 0.29) is 11.8 Å². The number of rotatable bonds is 4. The Labute approximate surface area is 140 Å². The van der Waals surface area contributed by atoms with E-state index in [4.69, 9.17) is 5.26 Å². The first-order chi connectivity index (χ1) is 11.6. The molecule has 0 aromatic heterocycles. The Morgan fingerprint density at radius 1 is 1.21 bits per heavy atom. The Kier molecular flexibility index (Phi) is 4.54. The molecule has 1 aliphatic heterocycles. The van der Waals surface area contributed by atoms with Crippen LogP contribution in [0.2, 0.25) is 0 Å². The molecule has 0 saturated heterocycles. The number of nitrogens with zero attached hydrogens (tertiary/aromatic N) is 2. The molecule has 2 aromatic carbocycles. The van der Waals surface area contributed by atoms with E-state index < -0.39 is 12.0 Å². The van der Waals surface area contributed by atoms with E-state index in [1.807, 2.05) is 54.6 Å². The second kappa shape index (κ2) is 6.77. The van der Waals surface area contributed by atoms with E-state index in [9.17, 15) is 9.90 Å². The maximum Gasteiger partial charge on any atom is 0.253 e. The topological polar surface area (TPSA) is 73.4 Å². The molecule has 1 amide bonds. The molecule has 0 aliphatic carbocycles. The summed E-state index contributed by atoms with van der Waals surface area (Å²) in [7, 11) is 0. The van der Waals surface area contributed by atoms with Gasteiger partial charge < -0.3 is 5.11 Å². The number of para-hydroxylation sites is 1. The highest BCUT2D eigenvalue weighted by Crippen LogP contribution is 2.21. The Morgan fingerprint density at radius 3 is 2.58 bits per heavy atom. The normalized spacial score (nSPS) is 18.5. The van der Waals surface area contributed by atoms with Crippen LogP contribution >= 0.6 is 0 Å². The van der Waals surface area contributed by atoms with Gasteiger partial charge in [0, 0.05) is 0 Å². The number of fused-ring (bicyclic) bond motifs is 1. The van der Waals surface area contributed by atoms with Crippen LogP contribution in [0.25, 0.3) is 6.08 Å². The molecule has 3 atom stereocenters. The highest BCUT2D eigenvalue weighted by molar-refractivity contribution is 5.86. The molecule has 4 nitrogen and oxygen atoms in total. The van der Waals surface area contributed by atoms with Crippen molar-refractivity contribution in [3.05, 3.63) is 70.2 Å². The van der Waals surface area contributed by atoms with Crippen molar-refractivity contribution >= 4 is 12.0 Å². The summed E-state index contributed by atoms with van der Waals surface area (Å²) in [6, 6.07) is 17.2. The second-order valence-corrected chi connectivity index (χ2v) is 6.08. The Morgan fingerprint density at radius 2 is 1.92 bits per heavy atom. The van der Waals surface area contributed by atoms with E-state index >= 15 is 0 Å². The summed E-state index contributed by atoms with van der Waals surface area (Å²) in [4.78, 5) is 16.4. The van der Waals surface area contributed by atoms with Gasteiger partial charge in [-0.3, -0.25) is 4.79 Å². The lowest BCUT2D eigenvalue weighted by atomic mass is 9.91. The predicted molar refractivity (Wildman–Crippen MR) is 90.4 cm³/mol.